The minimum Gasteiger partial charge on any atom is -0.465 e. The highest BCUT2D eigenvalue weighted by Crippen LogP contribution is 2.25. The summed E-state index contributed by atoms with van der Waals surface area (Å²) in [6.45, 7) is 4.71. The molecule has 0 aliphatic heterocycles. The van der Waals surface area contributed by atoms with Gasteiger partial charge in [-0.1, -0.05) is 26.0 Å². The molecule has 0 heterocycles. The molecule has 5 nitrogen and oxygen atoms in total. The van der Waals surface area contributed by atoms with Gasteiger partial charge in [0, 0.05) is 13.1 Å². The van der Waals surface area contributed by atoms with Gasteiger partial charge in [0.05, 0.1) is 18.1 Å². The molecule has 0 radical (unpaired) electrons. The van der Waals surface area contributed by atoms with Crippen LogP contribution in [0, 0.1) is 5.41 Å². The number of amides is 1. The number of carbonyl (C=O) groups excluding carboxylic acids is 2. The molecule has 1 aromatic rings. The van der Waals surface area contributed by atoms with Gasteiger partial charge in [-0.05, 0) is 30.5 Å². The first kappa shape index (κ1) is 17.2. The fourth-order valence-corrected chi connectivity index (χ4v) is 2.20. The summed E-state index contributed by atoms with van der Waals surface area (Å²) in [6, 6.07) is 6.97. The van der Waals surface area contributed by atoms with Crippen LogP contribution in [-0.4, -0.2) is 25.5 Å². The van der Waals surface area contributed by atoms with Gasteiger partial charge in [-0.15, -0.1) is 0 Å². The zero-order valence-electron chi connectivity index (χ0n) is 12.9. The molecule has 0 atom stereocenters. The summed E-state index contributed by atoms with van der Waals surface area (Å²) in [5, 5.41) is 2.92. The number of esters is 1. The third kappa shape index (κ3) is 4.04. The minimum atomic E-state index is -0.494. The highest BCUT2D eigenvalue weighted by molar-refractivity contribution is 5.89. The second-order valence-electron chi connectivity index (χ2n) is 5.06. The highest BCUT2D eigenvalue weighted by atomic mass is 16.5. The van der Waals surface area contributed by atoms with E-state index in [0.717, 1.165) is 5.56 Å². The van der Waals surface area contributed by atoms with E-state index in [4.69, 9.17) is 5.73 Å². The van der Waals surface area contributed by atoms with Crippen molar-refractivity contribution in [2.24, 2.45) is 11.1 Å². The number of hydrogen-bond acceptors (Lipinski definition) is 4. The molecule has 0 aliphatic rings. The number of rotatable bonds is 7. The minimum absolute atomic E-state index is 0.0213. The van der Waals surface area contributed by atoms with Crippen molar-refractivity contribution in [3.63, 3.8) is 0 Å². The molecule has 1 aromatic carbocycles. The molecule has 1 rings (SSSR count). The summed E-state index contributed by atoms with van der Waals surface area (Å²) in [5.74, 6) is -0.392. The van der Waals surface area contributed by atoms with Crippen LogP contribution in [-0.2, 0) is 16.1 Å². The maximum Gasteiger partial charge on any atom is 0.337 e. The zero-order chi connectivity index (χ0) is 15.9. The molecular formula is C16H24N2O3. The second kappa shape index (κ2) is 7.78. The average molecular weight is 292 g/mol. The Kier molecular flexibility index (Phi) is 6.37. The predicted octanol–water partition coefficient (Wildman–Crippen LogP) is 1.85. The largest absolute Gasteiger partial charge is 0.465 e. The van der Waals surface area contributed by atoms with Crippen molar-refractivity contribution < 1.29 is 14.3 Å². The number of ether oxygens (including phenoxy) is 1. The predicted molar refractivity (Wildman–Crippen MR) is 81.7 cm³/mol. The molecule has 21 heavy (non-hydrogen) atoms. The number of nitrogens with one attached hydrogen (secondary N) is 1. The smallest absolute Gasteiger partial charge is 0.337 e. The van der Waals surface area contributed by atoms with Gasteiger partial charge < -0.3 is 15.8 Å². The van der Waals surface area contributed by atoms with Crippen LogP contribution in [0.15, 0.2) is 24.3 Å². The Balaban J connectivity index is 2.67. The van der Waals surface area contributed by atoms with Crippen LogP contribution in [0.3, 0.4) is 0 Å². The van der Waals surface area contributed by atoms with Crippen molar-refractivity contribution in [3.8, 4) is 0 Å². The van der Waals surface area contributed by atoms with Crippen LogP contribution < -0.4 is 11.1 Å². The normalized spacial score (nSPS) is 11.0. The number of methoxy groups -OCH3 is 1. The number of carbonyl (C=O) groups is 2. The van der Waals surface area contributed by atoms with Crippen molar-refractivity contribution in [1.29, 1.82) is 0 Å². The van der Waals surface area contributed by atoms with Gasteiger partial charge in [0.25, 0.3) is 0 Å². The Bertz CT molecular complexity index is 471. The molecule has 3 N–H and O–H groups in total. The number of nitrogens with two attached hydrogens (primary N) is 1. The van der Waals surface area contributed by atoms with E-state index < -0.39 is 5.41 Å². The van der Waals surface area contributed by atoms with Gasteiger partial charge in [0.1, 0.15) is 0 Å². The summed E-state index contributed by atoms with van der Waals surface area (Å²) in [4.78, 5) is 23.6. The van der Waals surface area contributed by atoms with Gasteiger partial charge >= 0.3 is 5.97 Å². The van der Waals surface area contributed by atoms with Crippen LogP contribution in [0.5, 0.6) is 0 Å². The van der Waals surface area contributed by atoms with Gasteiger partial charge in [-0.2, -0.15) is 0 Å². The molecule has 5 heteroatoms. The van der Waals surface area contributed by atoms with Crippen molar-refractivity contribution in [1.82, 2.24) is 5.32 Å². The van der Waals surface area contributed by atoms with E-state index in [1.807, 2.05) is 13.8 Å². The molecule has 0 fully saturated rings. The number of hydrogen-bond donors (Lipinski definition) is 2. The zero-order valence-corrected chi connectivity index (χ0v) is 12.9. The lowest BCUT2D eigenvalue weighted by molar-refractivity contribution is -0.131. The first-order valence-electron chi connectivity index (χ1n) is 7.18. The first-order chi connectivity index (χ1) is 10.0. The van der Waals surface area contributed by atoms with Gasteiger partial charge in [0.15, 0.2) is 0 Å². The summed E-state index contributed by atoms with van der Waals surface area (Å²) >= 11 is 0. The molecular weight excluding hydrogens is 268 g/mol. The van der Waals surface area contributed by atoms with E-state index in [1.54, 1.807) is 24.3 Å². The fourth-order valence-electron chi connectivity index (χ4n) is 2.20. The van der Waals surface area contributed by atoms with Crippen molar-refractivity contribution >= 4 is 11.9 Å². The maximum atomic E-state index is 12.3. The third-order valence-corrected chi connectivity index (χ3v) is 4.05. The molecule has 0 aliphatic carbocycles. The summed E-state index contributed by atoms with van der Waals surface area (Å²) in [7, 11) is 1.35. The van der Waals surface area contributed by atoms with Crippen molar-refractivity contribution in [3.05, 3.63) is 35.4 Å². The van der Waals surface area contributed by atoms with E-state index in [1.165, 1.54) is 7.11 Å². The summed E-state index contributed by atoms with van der Waals surface area (Å²) < 4.78 is 4.64. The first-order valence-corrected chi connectivity index (χ1v) is 7.18. The lowest BCUT2D eigenvalue weighted by Gasteiger charge is -2.28. The molecule has 116 valence electrons. The molecule has 0 bridgehead atoms. The Morgan fingerprint density at radius 2 is 1.76 bits per heavy atom. The Hall–Kier alpha value is -1.88. The molecule has 0 spiro atoms. The molecule has 0 aromatic heterocycles. The van der Waals surface area contributed by atoms with Crippen LogP contribution in [0.25, 0.3) is 0 Å². The Labute approximate surface area is 125 Å². The SMILES string of the molecule is CCC(CC)(CN)C(=O)NCc1ccc(C(=O)OC)cc1. The lowest BCUT2D eigenvalue weighted by Crippen LogP contribution is -2.45. The second-order valence-corrected chi connectivity index (χ2v) is 5.06. The number of benzene rings is 1. The van der Waals surface area contributed by atoms with E-state index in [-0.39, 0.29) is 11.9 Å². The molecule has 0 saturated heterocycles. The quantitative estimate of drug-likeness (QED) is 0.752. The van der Waals surface area contributed by atoms with Gasteiger partial charge in [-0.25, -0.2) is 4.79 Å². The average Bonchev–Trinajstić information content (AvgIpc) is 2.54. The molecule has 1 amide bonds. The van der Waals surface area contributed by atoms with Gasteiger partial charge in [0.2, 0.25) is 5.91 Å². The van der Waals surface area contributed by atoms with Crippen LogP contribution in [0.4, 0.5) is 0 Å². The maximum absolute atomic E-state index is 12.3. The van der Waals surface area contributed by atoms with Crippen LogP contribution >= 0.6 is 0 Å². The van der Waals surface area contributed by atoms with Crippen LogP contribution in [0.2, 0.25) is 0 Å². The third-order valence-electron chi connectivity index (χ3n) is 4.05. The van der Waals surface area contributed by atoms with Crippen molar-refractivity contribution in [2.45, 2.75) is 33.2 Å². The fraction of sp³-hybridized carbons (Fsp3) is 0.500. The van der Waals surface area contributed by atoms with Crippen molar-refractivity contribution in [2.75, 3.05) is 13.7 Å². The van der Waals surface area contributed by atoms with E-state index in [9.17, 15) is 9.59 Å². The van der Waals surface area contributed by atoms with Gasteiger partial charge in [-0.3, -0.25) is 4.79 Å². The monoisotopic (exact) mass is 292 g/mol. The molecule has 0 unspecified atom stereocenters. The standard InChI is InChI=1S/C16H24N2O3/c1-4-16(5-2,11-17)15(20)18-10-12-6-8-13(9-7-12)14(19)21-3/h6-9H,4-5,10-11,17H2,1-3H3,(H,18,20). The van der Waals surface area contributed by atoms with E-state index in [0.29, 0.717) is 31.5 Å². The molecule has 0 saturated carbocycles. The highest BCUT2D eigenvalue weighted by Gasteiger charge is 2.32. The summed E-state index contributed by atoms with van der Waals surface area (Å²) in [6.07, 6.45) is 1.43. The topological polar surface area (TPSA) is 81.4 Å². The summed E-state index contributed by atoms with van der Waals surface area (Å²) in [5.41, 5.74) is 6.68. The Morgan fingerprint density at radius 1 is 1.19 bits per heavy atom. The van der Waals surface area contributed by atoms with E-state index >= 15 is 0 Å². The van der Waals surface area contributed by atoms with E-state index in [2.05, 4.69) is 10.1 Å². The Morgan fingerprint density at radius 3 is 2.19 bits per heavy atom. The lowest BCUT2D eigenvalue weighted by atomic mass is 9.81. The van der Waals surface area contributed by atoms with Crippen LogP contribution in [0.1, 0.15) is 42.6 Å².